The van der Waals surface area contributed by atoms with E-state index in [0.717, 1.165) is 0 Å². The van der Waals surface area contributed by atoms with Gasteiger partial charge in [0.05, 0.1) is 33.4 Å². The lowest BCUT2D eigenvalue weighted by atomic mass is 10.1. The number of benzene rings is 1. The topological polar surface area (TPSA) is 103 Å². The molecule has 0 heterocycles. The van der Waals surface area contributed by atoms with Gasteiger partial charge >= 0.3 is 5.97 Å². The molecule has 0 fully saturated rings. The third-order valence-electron chi connectivity index (χ3n) is 2.96. The van der Waals surface area contributed by atoms with Crippen LogP contribution in [0.4, 0.5) is 0 Å². The number of carbonyl (C=O) groups excluding carboxylic acids is 1. The van der Waals surface area contributed by atoms with Gasteiger partial charge in [-0.1, -0.05) is 0 Å². The molecule has 0 saturated heterocycles. The van der Waals surface area contributed by atoms with Gasteiger partial charge in [0.2, 0.25) is 0 Å². The monoisotopic (exact) mass is 313 g/mol. The summed E-state index contributed by atoms with van der Waals surface area (Å²) in [7, 11) is 5.57. The molecule has 1 unspecified atom stereocenters. The molecule has 8 nitrogen and oxygen atoms in total. The zero-order valence-electron chi connectivity index (χ0n) is 12.8. The first kappa shape index (κ1) is 17.6. The van der Waals surface area contributed by atoms with E-state index < -0.39 is 18.0 Å². The minimum atomic E-state index is -1.16. The van der Waals surface area contributed by atoms with E-state index in [9.17, 15) is 9.59 Å². The number of carboxylic acid groups (broad SMARTS) is 1. The molecular weight excluding hydrogens is 294 g/mol. The van der Waals surface area contributed by atoms with Gasteiger partial charge in [-0.15, -0.1) is 0 Å². The number of carboxylic acids is 1. The molecule has 0 aromatic heterocycles. The van der Waals surface area contributed by atoms with Crippen molar-refractivity contribution in [2.45, 2.75) is 6.10 Å². The summed E-state index contributed by atoms with van der Waals surface area (Å²) in [4.78, 5) is 23.0. The molecular formula is C14H19NO7. The summed E-state index contributed by atoms with van der Waals surface area (Å²) in [5, 5.41) is 11.3. The third kappa shape index (κ3) is 4.01. The number of methoxy groups -OCH3 is 4. The highest BCUT2D eigenvalue weighted by atomic mass is 16.5. The molecule has 0 radical (unpaired) electrons. The number of hydrogen-bond donors (Lipinski definition) is 2. The van der Waals surface area contributed by atoms with E-state index >= 15 is 0 Å². The largest absolute Gasteiger partial charge is 0.496 e. The summed E-state index contributed by atoms with van der Waals surface area (Å²) in [5.41, 5.74) is 0.195. The SMILES string of the molecule is COc1cc(OC)c(C(=O)NCC(OC)C(=O)O)cc1OC. The quantitative estimate of drug-likeness (QED) is 0.722. The predicted octanol–water partition coefficient (Wildman–Crippen LogP) is 0.542. The van der Waals surface area contributed by atoms with Gasteiger partial charge in [-0.25, -0.2) is 4.79 Å². The first-order chi connectivity index (χ1) is 10.5. The van der Waals surface area contributed by atoms with Crippen LogP contribution < -0.4 is 19.5 Å². The summed E-state index contributed by atoms with van der Waals surface area (Å²) in [6, 6.07) is 2.97. The van der Waals surface area contributed by atoms with Crippen molar-refractivity contribution in [1.82, 2.24) is 5.32 Å². The number of nitrogens with one attached hydrogen (secondary N) is 1. The first-order valence-corrected chi connectivity index (χ1v) is 6.32. The maximum atomic E-state index is 12.2. The molecule has 0 aliphatic heterocycles. The molecule has 0 aliphatic rings. The van der Waals surface area contributed by atoms with Crippen molar-refractivity contribution in [1.29, 1.82) is 0 Å². The summed E-state index contributed by atoms with van der Waals surface area (Å²) >= 11 is 0. The van der Waals surface area contributed by atoms with E-state index in [2.05, 4.69) is 5.32 Å². The zero-order chi connectivity index (χ0) is 16.7. The average Bonchev–Trinajstić information content (AvgIpc) is 2.53. The van der Waals surface area contributed by atoms with Crippen molar-refractivity contribution in [3.05, 3.63) is 17.7 Å². The van der Waals surface area contributed by atoms with Crippen LogP contribution in [0.15, 0.2) is 12.1 Å². The highest BCUT2D eigenvalue weighted by molar-refractivity contribution is 5.98. The van der Waals surface area contributed by atoms with E-state index in [-0.39, 0.29) is 17.9 Å². The summed E-state index contributed by atoms with van der Waals surface area (Å²) in [5.74, 6) is -0.631. The second-order valence-electron chi connectivity index (χ2n) is 4.18. The fraction of sp³-hybridized carbons (Fsp3) is 0.429. The zero-order valence-corrected chi connectivity index (χ0v) is 12.8. The molecule has 1 rings (SSSR count). The Morgan fingerprint density at radius 1 is 1.05 bits per heavy atom. The van der Waals surface area contributed by atoms with Crippen molar-refractivity contribution in [2.24, 2.45) is 0 Å². The van der Waals surface area contributed by atoms with Gasteiger partial charge < -0.3 is 29.4 Å². The third-order valence-corrected chi connectivity index (χ3v) is 2.96. The van der Waals surface area contributed by atoms with Crippen LogP contribution in [0.3, 0.4) is 0 Å². The summed E-state index contributed by atoms with van der Waals surface area (Å²) < 4.78 is 20.1. The van der Waals surface area contributed by atoms with Crippen molar-refractivity contribution in [3.63, 3.8) is 0 Å². The predicted molar refractivity (Wildman–Crippen MR) is 76.9 cm³/mol. The maximum Gasteiger partial charge on any atom is 0.334 e. The molecule has 0 saturated carbocycles. The Labute approximate surface area is 127 Å². The molecule has 0 aliphatic carbocycles. The van der Waals surface area contributed by atoms with E-state index in [0.29, 0.717) is 11.5 Å². The van der Waals surface area contributed by atoms with Crippen LogP contribution >= 0.6 is 0 Å². The average molecular weight is 313 g/mol. The Morgan fingerprint density at radius 3 is 2.05 bits per heavy atom. The molecule has 1 amide bonds. The van der Waals surface area contributed by atoms with Crippen LogP contribution in [0, 0.1) is 0 Å². The molecule has 1 aromatic carbocycles. The number of carbonyl (C=O) groups is 2. The number of ether oxygens (including phenoxy) is 4. The van der Waals surface area contributed by atoms with Gasteiger partial charge in [0.1, 0.15) is 5.75 Å². The Hall–Kier alpha value is -2.48. The van der Waals surface area contributed by atoms with Crippen molar-refractivity contribution >= 4 is 11.9 Å². The van der Waals surface area contributed by atoms with Gasteiger partial charge in [0.15, 0.2) is 17.6 Å². The van der Waals surface area contributed by atoms with Gasteiger partial charge in [-0.2, -0.15) is 0 Å². The Morgan fingerprint density at radius 2 is 1.59 bits per heavy atom. The van der Waals surface area contributed by atoms with Crippen LogP contribution in [0.1, 0.15) is 10.4 Å². The normalized spacial score (nSPS) is 11.5. The second kappa shape index (κ2) is 8.08. The second-order valence-corrected chi connectivity index (χ2v) is 4.18. The Bertz CT molecular complexity index is 544. The van der Waals surface area contributed by atoms with Gasteiger partial charge in [-0.3, -0.25) is 4.79 Å². The summed E-state index contributed by atoms with van der Waals surface area (Å²) in [6.07, 6.45) is -1.13. The van der Waals surface area contributed by atoms with Gasteiger partial charge in [-0.05, 0) is 0 Å². The Balaban J connectivity index is 2.99. The number of hydrogen-bond acceptors (Lipinski definition) is 6. The molecule has 0 bridgehead atoms. The van der Waals surface area contributed by atoms with Crippen LogP contribution in [0.2, 0.25) is 0 Å². The lowest BCUT2D eigenvalue weighted by molar-refractivity contribution is -0.148. The van der Waals surface area contributed by atoms with Gasteiger partial charge in [0, 0.05) is 19.2 Å². The highest BCUT2D eigenvalue weighted by Crippen LogP contribution is 2.34. The number of amides is 1. The first-order valence-electron chi connectivity index (χ1n) is 6.32. The molecule has 22 heavy (non-hydrogen) atoms. The lowest BCUT2D eigenvalue weighted by Gasteiger charge is -2.15. The molecule has 1 aromatic rings. The standard InChI is InChI=1S/C14H19NO7/c1-19-9-6-11(21-3)10(20-2)5-8(9)13(16)15-7-12(22-4)14(17)18/h5-6,12H,7H2,1-4H3,(H,15,16)(H,17,18). The van der Waals surface area contributed by atoms with Crippen LogP contribution in [-0.4, -0.2) is 58.1 Å². The van der Waals surface area contributed by atoms with Crippen LogP contribution in [-0.2, 0) is 9.53 Å². The van der Waals surface area contributed by atoms with Crippen LogP contribution in [0.25, 0.3) is 0 Å². The summed E-state index contributed by atoms with van der Waals surface area (Å²) in [6.45, 7) is -0.178. The molecule has 0 spiro atoms. The lowest BCUT2D eigenvalue weighted by Crippen LogP contribution is -2.37. The van der Waals surface area contributed by atoms with E-state index in [4.69, 9.17) is 24.1 Å². The van der Waals surface area contributed by atoms with Crippen molar-refractivity contribution < 1.29 is 33.6 Å². The molecule has 1 atom stereocenters. The van der Waals surface area contributed by atoms with Crippen molar-refractivity contribution in [3.8, 4) is 17.2 Å². The fourth-order valence-corrected chi connectivity index (χ4v) is 1.76. The van der Waals surface area contributed by atoms with E-state index in [1.807, 2.05) is 0 Å². The van der Waals surface area contributed by atoms with E-state index in [1.54, 1.807) is 0 Å². The smallest absolute Gasteiger partial charge is 0.334 e. The highest BCUT2D eigenvalue weighted by Gasteiger charge is 2.21. The molecule has 122 valence electrons. The molecule has 8 heteroatoms. The van der Waals surface area contributed by atoms with Crippen LogP contribution in [0.5, 0.6) is 17.2 Å². The maximum absolute atomic E-state index is 12.2. The minimum Gasteiger partial charge on any atom is -0.496 e. The van der Waals surface area contributed by atoms with Gasteiger partial charge in [0.25, 0.3) is 5.91 Å². The fourth-order valence-electron chi connectivity index (χ4n) is 1.76. The minimum absolute atomic E-state index is 0.178. The van der Waals surface area contributed by atoms with Crippen molar-refractivity contribution in [2.75, 3.05) is 35.0 Å². The van der Waals surface area contributed by atoms with E-state index in [1.165, 1.54) is 40.6 Å². The molecule has 2 N–H and O–H groups in total. The Kier molecular flexibility index (Phi) is 6.46. The number of rotatable bonds is 8. The number of aliphatic carboxylic acids is 1.